The van der Waals surface area contributed by atoms with E-state index < -0.39 is 9.04 Å². The molecule has 0 aromatic carbocycles. The fourth-order valence-corrected chi connectivity index (χ4v) is 2.52. The van der Waals surface area contributed by atoms with Gasteiger partial charge in [0, 0.05) is 6.61 Å². The van der Waals surface area contributed by atoms with Gasteiger partial charge in [0.2, 0.25) is 0 Å². The van der Waals surface area contributed by atoms with Gasteiger partial charge in [-0.15, -0.1) is 13.2 Å². The molecule has 0 atom stereocenters. The number of rotatable bonds is 6. The third kappa shape index (κ3) is 4.53. The van der Waals surface area contributed by atoms with E-state index in [2.05, 4.69) is 13.2 Å². The molecular weight excluding hydrogens is 140 g/mol. The van der Waals surface area contributed by atoms with Crippen LogP contribution in [0.4, 0.5) is 0 Å². The van der Waals surface area contributed by atoms with Crippen molar-refractivity contribution in [2.75, 3.05) is 6.61 Å². The van der Waals surface area contributed by atoms with Crippen LogP contribution in [0.25, 0.3) is 0 Å². The molecule has 0 amide bonds. The summed E-state index contributed by atoms with van der Waals surface area (Å²) in [5, 5.41) is 0. The Hall–Kier alpha value is -0.343. The van der Waals surface area contributed by atoms with Gasteiger partial charge < -0.3 is 4.43 Å². The Bertz CT molecular complexity index is 91.4. The lowest BCUT2D eigenvalue weighted by Crippen LogP contribution is -2.15. The van der Waals surface area contributed by atoms with Crippen molar-refractivity contribution in [1.29, 1.82) is 0 Å². The minimum atomic E-state index is -0.970. The molecule has 0 unspecified atom stereocenters. The second-order valence-corrected chi connectivity index (χ2v) is 4.65. The van der Waals surface area contributed by atoms with Crippen LogP contribution in [0, 0.1) is 0 Å². The van der Waals surface area contributed by atoms with Crippen molar-refractivity contribution in [3.8, 4) is 0 Å². The number of hydrogen-bond donors (Lipinski definition) is 0. The predicted octanol–water partition coefficient (Wildman–Crippen LogP) is 2.12. The Morgan fingerprint density at radius 1 is 1.30 bits per heavy atom. The van der Waals surface area contributed by atoms with E-state index in [0.717, 1.165) is 18.7 Å². The van der Waals surface area contributed by atoms with Gasteiger partial charge in [-0.3, -0.25) is 0 Å². The van der Waals surface area contributed by atoms with Gasteiger partial charge in [0.05, 0.1) is 0 Å². The van der Waals surface area contributed by atoms with Gasteiger partial charge in [-0.1, -0.05) is 12.2 Å². The molecule has 0 saturated heterocycles. The molecule has 0 aliphatic heterocycles. The summed E-state index contributed by atoms with van der Waals surface area (Å²) in [4.78, 5) is 0. The molecular formula is C8H16OSi. The molecule has 0 N–H and O–H groups in total. The summed E-state index contributed by atoms with van der Waals surface area (Å²) in [7, 11) is -0.970. The first-order chi connectivity index (χ1) is 4.85. The van der Waals surface area contributed by atoms with E-state index in [1.807, 2.05) is 19.1 Å². The minimum absolute atomic E-state index is 0.832. The molecule has 0 saturated carbocycles. The zero-order valence-corrected chi connectivity index (χ0v) is 7.83. The Labute approximate surface area is 65.1 Å². The van der Waals surface area contributed by atoms with Crippen LogP contribution >= 0.6 is 0 Å². The van der Waals surface area contributed by atoms with Gasteiger partial charge in [0.15, 0.2) is 9.04 Å². The molecule has 1 nitrogen and oxygen atoms in total. The van der Waals surface area contributed by atoms with Gasteiger partial charge >= 0.3 is 0 Å². The van der Waals surface area contributed by atoms with E-state index in [1.54, 1.807) is 0 Å². The van der Waals surface area contributed by atoms with Crippen molar-refractivity contribution in [2.24, 2.45) is 0 Å². The summed E-state index contributed by atoms with van der Waals surface area (Å²) in [6.07, 6.45) is 3.88. The molecule has 0 radical (unpaired) electrons. The van der Waals surface area contributed by atoms with Gasteiger partial charge in [-0.05, 0) is 19.0 Å². The second-order valence-electron chi connectivity index (χ2n) is 2.13. The molecule has 0 aromatic rings. The highest BCUT2D eigenvalue weighted by Gasteiger charge is 2.05. The highest BCUT2D eigenvalue weighted by Crippen LogP contribution is 2.02. The van der Waals surface area contributed by atoms with E-state index in [1.165, 1.54) is 0 Å². The normalized spacial score (nSPS) is 9.80. The average molecular weight is 156 g/mol. The first-order valence-electron chi connectivity index (χ1n) is 3.68. The number of hydrogen-bond acceptors (Lipinski definition) is 1. The summed E-state index contributed by atoms with van der Waals surface area (Å²) in [6.45, 7) is 10.2. The third-order valence-corrected chi connectivity index (χ3v) is 3.78. The minimum Gasteiger partial charge on any atom is -0.420 e. The summed E-state index contributed by atoms with van der Waals surface area (Å²) in [6, 6.07) is 2.11. The zero-order valence-electron chi connectivity index (χ0n) is 6.68. The Morgan fingerprint density at radius 3 is 2.10 bits per heavy atom. The quantitative estimate of drug-likeness (QED) is 0.423. The predicted molar refractivity (Wildman–Crippen MR) is 48.8 cm³/mol. The average Bonchev–Trinajstić information content (AvgIpc) is 1.90. The first kappa shape index (κ1) is 9.66. The summed E-state index contributed by atoms with van der Waals surface area (Å²) in [5.74, 6) is 0. The molecule has 0 aliphatic rings. The molecule has 0 spiro atoms. The maximum absolute atomic E-state index is 5.52. The molecule has 58 valence electrons. The van der Waals surface area contributed by atoms with Crippen molar-refractivity contribution in [3.63, 3.8) is 0 Å². The van der Waals surface area contributed by atoms with Gasteiger partial charge in [0.1, 0.15) is 0 Å². The topological polar surface area (TPSA) is 9.23 Å². The standard InChI is InChI=1S/C8H16OSi/c1-4-7-10(8-5-2)9-6-3/h4-5,10H,1-2,6-8H2,3H3. The van der Waals surface area contributed by atoms with Crippen LogP contribution in [-0.4, -0.2) is 15.6 Å². The van der Waals surface area contributed by atoms with Crippen LogP contribution in [0.1, 0.15) is 6.92 Å². The SMILES string of the molecule is C=CC[SiH](CC=C)OCC. The van der Waals surface area contributed by atoms with E-state index >= 15 is 0 Å². The summed E-state index contributed by atoms with van der Waals surface area (Å²) < 4.78 is 5.52. The van der Waals surface area contributed by atoms with Crippen molar-refractivity contribution in [2.45, 2.75) is 19.0 Å². The molecule has 0 rings (SSSR count). The number of allylic oxidation sites excluding steroid dienone is 2. The van der Waals surface area contributed by atoms with Crippen LogP contribution in [0.15, 0.2) is 25.3 Å². The largest absolute Gasteiger partial charge is 0.420 e. The molecule has 0 aliphatic carbocycles. The first-order valence-corrected chi connectivity index (χ1v) is 5.79. The molecule has 2 heteroatoms. The Morgan fingerprint density at radius 2 is 1.80 bits per heavy atom. The Kier molecular flexibility index (Phi) is 6.54. The fraction of sp³-hybridized carbons (Fsp3) is 0.500. The Balaban J connectivity index is 3.48. The van der Waals surface area contributed by atoms with Crippen molar-refractivity contribution >= 4 is 9.04 Å². The van der Waals surface area contributed by atoms with E-state index in [9.17, 15) is 0 Å². The summed E-state index contributed by atoms with van der Waals surface area (Å²) >= 11 is 0. The second kappa shape index (κ2) is 6.77. The van der Waals surface area contributed by atoms with Gasteiger partial charge in [-0.25, -0.2) is 0 Å². The van der Waals surface area contributed by atoms with Crippen molar-refractivity contribution in [3.05, 3.63) is 25.3 Å². The monoisotopic (exact) mass is 156 g/mol. The smallest absolute Gasteiger partial charge is 0.184 e. The van der Waals surface area contributed by atoms with Gasteiger partial charge in [-0.2, -0.15) is 0 Å². The molecule has 0 heterocycles. The molecule has 0 bridgehead atoms. The van der Waals surface area contributed by atoms with Crippen molar-refractivity contribution in [1.82, 2.24) is 0 Å². The fourth-order valence-electron chi connectivity index (χ4n) is 0.840. The lowest BCUT2D eigenvalue weighted by molar-refractivity contribution is 0.345. The van der Waals surface area contributed by atoms with E-state index in [0.29, 0.717) is 0 Å². The van der Waals surface area contributed by atoms with Crippen LogP contribution in [0.3, 0.4) is 0 Å². The van der Waals surface area contributed by atoms with Crippen LogP contribution < -0.4 is 0 Å². The third-order valence-electron chi connectivity index (χ3n) is 1.26. The zero-order chi connectivity index (χ0) is 7.82. The molecule has 10 heavy (non-hydrogen) atoms. The highest BCUT2D eigenvalue weighted by atomic mass is 28.3. The lowest BCUT2D eigenvalue weighted by Gasteiger charge is -2.09. The van der Waals surface area contributed by atoms with Crippen LogP contribution in [0.5, 0.6) is 0 Å². The summed E-state index contributed by atoms with van der Waals surface area (Å²) in [5.41, 5.74) is 0. The van der Waals surface area contributed by atoms with Gasteiger partial charge in [0.25, 0.3) is 0 Å². The van der Waals surface area contributed by atoms with Crippen LogP contribution in [0.2, 0.25) is 12.1 Å². The highest BCUT2D eigenvalue weighted by molar-refractivity contribution is 6.52. The van der Waals surface area contributed by atoms with Crippen molar-refractivity contribution < 1.29 is 4.43 Å². The molecule has 0 fully saturated rings. The maximum atomic E-state index is 5.52. The van der Waals surface area contributed by atoms with Crippen LogP contribution in [-0.2, 0) is 4.43 Å². The van der Waals surface area contributed by atoms with E-state index in [4.69, 9.17) is 4.43 Å². The maximum Gasteiger partial charge on any atom is 0.184 e. The van der Waals surface area contributed by atoms with E-state index in [-0.39, 0.29) is 0 Å². The lowest BCUT2D eigenvalue weighted by atomic mass is 10.7. The molecule has 0 aromatic heterocycles.